The van der Waals surface area contributed by atoms with E-state index >= 15 is 0 Å². The van der Waals surface area contributed by atoms with Crippen LogP contribution in [0.15, 0.2) is 22.7 Å². The number of morpholine rings is 1. The lowest BCUT2D eigenvalue weighted by Gasteiger charge is -2.26. The van der Waals surface area contributed by atoms with Crippen molar-refractivity contribution >= 4 is 11.8 Å². The average Bonchev–Trinajstić information content (AvgIpc) is 3.07. The third kappa shape index (κ3) is 3.94. The highest BCUT2D eigenvalue weighted by atomic mass is 19.1. The van der Waals surface area contributed by atoms with Crippen LogP contribution in [0.4, 0.5) is 10.2 Å². The fourth-order valence-electron chi connectivity index (χ4n) is 2.76. The van der Waals surface area contributed by atoms with E-state index in [0.29, 0.717) is 25.3 Å². The van der Waals surface area contributed by atoms with Crippen molar-refractivity contribution in [1.82, 2.24) is 10.1 Å². The van der Waals surface area contributed by atoms with Crippen molar-refractivity contribution in [3.8, 4) is 17.1 Å². The fourth-order valence-corrected chi connectivity index (χ4v) is 2.76. The number of aromatic carboxylic acids is 1. The largest absolute Gasteiger partial charge is 0.494 e. The summed E-state index contributed by atoms with van der Waals surface area (Å²) < 4.78 is 29.0. The fraction of sp³-hybridized carbons (Fsp3) is 0.412. The van der Waals surface area contributed by atoms with E-state index in [-0.39, 0.29) is 22.9 Å². The van der Waals surface area contributed by atoms with Crippen LogP contribution in [0.2, 0.25) is 0 Å². The molecule has 0 radical (unpaired) electrons. The number of hydrogen-bond acceptors (Lipinski definition) is 7. The zero-order valence-electron chi connectivity index (χ0n) is 14.3. The second kappa shape index (κ2) is 8.15. The lowest BCUT2D eigenvalue weighted by Crippen LogP contribution is -2.39. The number of carboxylic acid groups (broad SMARTS) is 1. The average molecular weight is 365 g/mol. The number of carboxylic acids is 1. The molecule has 0 saturated carbocycles. The van der Waals surface area contributed by atoms with Crippen molar-refractivity contribution in [3.63, 3.8) is 0 Å². The Morgan fingerprint density at radius 3 is 2.88 bits per heavy atom. The molecule has 2 N–H and O–H groups in total. The van der Waals surface area contributed by atoms with E-state index in [4.69, 9.17) is 14.0 Å². The van der Waals surface area contributed by atoms with E-state index in [1.165, 1.54) is 25.3 Å². The van der Waals surface area contributed by atoms with Crippen LogP contribution >= 0.6 is 0 Å². The maximum absolute atomic E-state index is 13.6. The van der Waals surface area contributed by atoms with Crippen molar-refractivity contribution < 1.29 is 28.3 Å². The molecule has 1 aliphatic rings. The number of nitrogens with zero attached hydrogens (tertiary/aromatic N) is 2. The molecule has 140 valence electrons. The quantitative estimate of drug-likeness (QED) is 0.768. The molecule has 1 aromatic carbocycles. The highest BCUT2D eigenvalue weighted by molar-refractivity contribution is 5.99. The van der Waals surface area contributed by atoms with Gasteiger partial charge >= 0.3 is 5.97 Å². The Morgan fingerprint density at radius 1 is 1.42 bits per heavy atom. The van der Waals surface area contributed by atoms with Crippen LogP contribution in [-0.2, 0) is 4.74 Å². The number of rotatable bonds is 7. The summed E-state index contributed by atoms with van der Waals surface area (Å²) >= 11 is 0. The normalized spacial score (nSPS) is 15.0. The maximum atomic E-state index is 13.6. The van der Waals surface area contributed by atoms with Gasteiger partial charge in [0.25, 0.3) is 0 Å². The van der Waals surface area contributed by atoms with Crippen LogP contribution < -0.4 is 10.1 Å². The number of nitrogens with one attached hydrogen (secondary N) is 1. The number of halogens is 1. The van der Waals surface area contributed by atoms with Gasteiger partial charge in [-0.1, -0.05) is 5.16 Å². The number of aromatic nitrogens is 1. The molecule has 0 atom stereocenters. The summed E-state index contributed by atoms with van der Waals surface area (Å²) in [6, 6.07) is 3.98. The molecule has 0 spiro atoms. The third-order valence-electron chi connectivity index (χ3n) is 4.14. The molecule has 3 rings (SSSR count). The van der Waals surface area contributed by atoms with E-state index in [1.54, 1.807) is 0 Å². The van der Waals surface area contributed by atoms with E-state index in [1.807, 2.05) is 0 Å². The van der Waals surface area contributed by atoms with Gasteiger partial charge in [-0.3, -0.25) is 4.90 Å². The molecule has 0 bridgehead atoms. The van der Waals surface area contributed by atoms with E-state index in [2.05, 4.69) is 15.4 Å². The Bertz CT molecular complexity index is 774. The van der Waals surface area contributed by atoms with Crippen LogP contribution in [0.25, 0.3) is 11.3 Å². The molecule has 1 saturated heterocycles. The highest BCUT2D eigenvalue weighted by Crippen LogP contribution is 2.32. The number of benzene rings is 1. The number of anilines is 1. The van der Waals surface area contributed by atoms with Crippen molar-refractivity contribution in [3.05, 3.63) is 29.6 Å². The van der Waals surface area contributed by atoms with Crippen molar-refractivity contribution in [2.75, 3.05) is 51.8 Å². The molecule has 1 fully saturated rings. The Labute approximate surface area is 149 Å². The predicted molar refractivity (Wildman–Crippen MR) is 91.2 cm³/mol. The lowest BCUT2D eigenvalue weighted by atomic mass is 10.1. The predicted octanol–water partition coefficient (Wildman–Crippen LogP) is 1.93. The Balaban J connectivity index is 1.76. The van der Waals surface area contributed by atoms with Crippen LogP contribution in [-0.4, -0.2) is 67.6 Å². The Kier molecular flexibility index (Phi) is 5.69. The molecular weight excluding hydrogens is 345 g/mol. The standard InChI is InChI=1S/C17H20FN3O5/c1-24-13-10-11(2-3-12(13)18)15-14(17(22)23)16(20-26-15)19-4-5-21-6-8-25-9-7-21/h2-3,10H,4-9H2,1H3,(H,19,20)(H,22,23). The van der Waals surface area contributed by atoms with E-state index in [9.17, 15) is 14.3 Å². The Morgan fingerprint density at radius 2 is 2.19 bits per heavy atom. The molecular formula is C17H20FN3O5. The smallest absolute Gasteiger partial charge is 0.343 e. The molecule has 2 aromatic rings. The molecule has 0 aliphatic carbocycles. The van der Waals surface area contributed by atoms with Gasteiger partial charge in [-0.2, -0.15) is 0 Å². The summed E-state index contributed by atoms with van der Waals surface area (Å²) in [5, 5.41) is 16.4. The minimum absolute atomic E-state index is 0.00272. The first-order chi connectivity index (χ1) is 12.6. The minimum Gasteiger partial charge on any atom is -0.494 e. The zero-order chi connectivity index (χ0) is 18.5. The first kappa shape index (κ1) is 18.2. The summed E-state index contributed by atoms with van der Waals surface area (Å²) in [5.41, 5.74) is 0.273. The van der Waals surface area contributed by atoms with E-state index in [0.717, 1.165) is 19.6 Å². The lowest BCUT2D eigenvalue weighted by molar-refractivity contribution is 0.0398. The molecule has 1 aromatic heterocycles. The van der Waals surface area contributed by atoms with Gasteiger partial charge in [-0.15, -0.1) is 0 Å². The molecule has 0 amide bonds. The first-order valence-corrected chi connectivity index (χ1v) is 8.21. The summed E-state index contributed by atoms with van der Waals surface area (Å²) in [6.45, 7) is 4.32. The van der Waals surface area contributed by atoms with Crippen LogP contribution in [0, 0.1) is 5.82 Å². The second-order valence-electron chi connectivity index (χ2n) is 5.77. The van der Waals surface area contributed by atoms with Gasteiger partial charge in [0.15, 0.2) is 28.7 Å². The van der Waals surface area contributed by atoms with Gasteiger partial charge in [0.05, 0.1) is 20.3 Å². The monoisotopic (exact) mass is 365 g/mol. The molecule has 8 nitrogen and oxygen atoms in total. The second-order valence-corrected chi connectivity index (χ2v) is 5.77. The summed E-state index contributed by atoms with van der Waals surface area (Å²) in [6.07, 6.45) is 0. The van der Waals surface area contributed by atoms with Gasteiger partial charge in [-0.05, 0) is 18.2 Å². The SMILES string of the molecule is COc1cc(-c2onc(NCCN3CCOCC3)c2C(=O)O)ccc1F. The zero-order valence-corrected chi connectivity index (χ0v) is 14.3. The van der Waals surface area contributed by atoms with Gasteiger partial charge in [0, 0.05) is 31.7 Å². The topological polar surface area (TPSA) is 97.1 Å². The molecule has 0 unspecified atom stereocenters. The van der Waals surface area contributed by atoms with E-state index < -0.39 is 11.8 Å². The van der Waals surface area contributed by atoms with Crippen LogP contribution in [0.3, 0.4) is 0 Å². The minimum atomic E-state index is -1.18. The molecule has 9 heteroatoms. The molecule has 26 heavy (non-hydrogen) atoms. The van der Waals surface area contributed by atoms with Crippen molar-refractivity contribution in [2.24, 2.45) is 0 Å². The van der Waals surface area contributed by atoms with Crippen molar-refractivity contribution in [2.45, 2.75) is 0 Å². The number of ether oxygens (including phenoxy) is 2. The summed E-state index contributed by atoms with van der Waals surface area (Å²) in [4.78, 5) is 13.9. The number of carbonyl (C=O) groups is 1. The molecule has 2 heterocycles. The Hall–Kier alpha value is -2.65. The number of hydrogen-bond donors (Lipinski definition) is 2. The van der Waals surface area contributed by atoms with Gasteiger partial charge in [0.2, 0.25) is 0 Å². The number of methoxy groups -OCH3 is 1. The summed E-state index contributed by atoms with van der Waals surface area (Å²) in [7, 11) is 1.33. The van der Waals surface area contributed by atoms with Crippen LogP contribution in [0.1, 0.15) is 10.4 Å². The summed E-state index contributed by atoms with van der Waals surface area (Å²) in [5.74, 6) is -1.54. The van der Waals surface area contributed by atoms with Crippen molar-refractivity contribution in [1.29, 1.82) is 0 Å². The molecule has 1 aliphatic heterocycles. The van der Waals surface area contributed by atoms with Gasteiger partial charge in [-0.25, -0.2) is 9.18 Å². The first-order valence-electron chi connectivity index (χ1n) is 8.21. The van der Waals surface area contributed by atoms with Gasteiger partial charge < -0.3 is 24.4 Å². The third-order valence-corrected chi connectivity index (χ3v) is 4.14. The van der Waals surface area contributed by atoms with Gasteiger partial charge in [0.1, 0.15) is 0 Å². The maximum Gasteiger partial charge on any atom is 0.343 e. The van der Waals surface area contributed by atoms with Crippen LogP contribution in [0.5, 0.6) is 5.75 Å². The highest BCUT2D eigenvalue weighted by Gasteiger charge is 2.24.